The van der Waals surface area contributed by atoms with E-state index in [0.717, 1.165) is 10.6 Å². The molecule has 0 aliphatic carbocycles. The van der Waals surface area contributed by atoms with Crippen molar-refractivity contribution in [3.8, 4) is 0 Å². The highest BCUT2D eigenvalue weighted by Gasteiger charge is 2.30. The van der Waals surface area contributed by atoms with Gasteiger partial charge < -0.3 is 9.84 Å². The Morgan fingerprint density at radius 3 is 2.38 bits per heavy atom. The topological polar surface area (TPSA) is 93.1 Å². The largest absolute Gasteiger partial charge is 0.480 e. The number of esters is 1. The highest BCUT2D eigenvalue weighted by molar-refractivity contribution is 5.77. The van der Waals surface area contributed by atoms with E-state index in [4.69, 9.17) is 9.57 Å². The molecule has 24 heavy (non-hydrogen) atoms. The molecular formula is C17H23NO6. The lowest BCUT2D eigenvalue weighted by atomic mass is 10.1. The number of hydrogen-bond donors (Lipinski definition) is 1. The lowest BCUT2D eigenvalue weighted by Gasteiger charge is -2.30. The third-order valence-electron chi connectivity index (χ3n) is 2.94. The number of aliphatic carboxylic acids is 1. The van der Waals surface area contributed by atoms with Gasteiger partial charge in [-0.15, -0.1) is 0 Å². The fraction of sp³-hybridized carbons (Fsp3) is 0.471. The summed E-state index contributed by atoms with van der Waals surface area (Å²) < 4.78 is 5.09. The number of carbonyl (C=O) groups is 3. The van der Waals surface area contributed by atoms with Crippen molar-refractivity contribution in [2.45, 2.75) is 51.9 Å². The minimum atomic E-state index is -1.26. The lowest BCUT2D eigenvalue weighted by Crippen LogP contribution is -2.44. The van der Waals surface area contributed by atoms with Crippen molar-refractivity contribution in [2.75, 3.05) is 0 Å². The first-order valence-corrected chi connectivity index (χ1v) is 7.58. The zero-order valence-corrected chi connectivity index (χ0v) is 14.1. The summed E-state index contributed by atoms with van der Waals surface area (Å²) in [7, 11) is 0. The van der Waals surface area contributed by atoms with Gasteiger partial charge in [0.1, 0.15) is 6.61 Å². The molecular weight excluding hydrogens is 314 g/mol. The zero-order valence-electron chi connectivity index (χ0n) is 14.1. The zero-order chi connectivity index (χ0) is 18.2. The molecule has 1 amide bonds. The number of carboxylic acids is 1. The maximum atomic E-state index is 11.8. The minimum absolute atomic E-state index is 0.0994. The minimum Gasteiger partial charge on any atom is -0.480 e. The van der Waals surface area contributed by atoms with Gasteiger partial charge in [0.15, 0.2) is 6.04 Å². The van der Waals surface area contributed by atoms with Crippen molar-refractivity contribution < 1.29 is 29.1 Å². The summed E-state index contributed by atoms with van der Waals surface area (Å²) >= 11 is 0. The molecule has 0 bridgehead atoms. The molecule has 1 aromatic rings. The van der Waals surface area contributed by atoms with Gasteiger partial charge in [0.2, 0.25) is 6.41 Å². The van der Waals surface area contributed by atoms with Crippen LogP contribution in [-0.2, 0) is 30.6 Å². The molecule has 0 spiro atoms. The molecule has 132 valence electrons. The van der Waals surface area contributed by atoms with Gasteiger partial charge in [0.05, 0.1) is 5.60 Å². The first-order chi connectivity index (χ1) is 11.2. The molecule has 1 N–H and O–H groups in total. The first kappa shape index (κ1) is 19.6. The smallest absolute Gasteiger partial charge is 0.329 e. The second-order valence-electron chi connectivity index (χ2n) is 6.21. The maximum Gasteiger partial charge on any atom is 0.329 e. The van der Waals surface area contributed by atoms with Gasteiger partial charge in [-0.05, 0) is 32.8 Å². The van der Waals surface area contributed by atoms with Gasteiger partial charge in [-0.1, -0.05) is 30.3 Å². The maximum absolute atomic E-state index is 11.8. The first-order valence-electron chi connectivity index (χ1n) is 7.58. The number of ether oxygens (including phenoxy) is 1. The molecule has 7 heteroatoms. The van der Waals surface area contributed by atoms with Crippen LogP contribution in [0.5, 0.6) is 0 Å². The summed E-state index contributed by atoms with van der Waals surface area (Å²) in [5, 5.41) is 9.99. The van der Waals surface area contributed by atoms with Crippen LogP contribution in [0, 0.1) is 0 Å². The third kappa shape index (κ3) is 7.23. The Hall–Kier alpha value is -2.41. The summed E-state index contributed by atoms with van der Waals surface area (Å²) in [6.07, 6.45) is 0.0682. The third-order valence-corrected chi connectivity index (χ3v) is 2.94. The van der Waals surface area contributed by atoms with E-state index in [-0.39, 0.29) is 19.4 Å². The molecule has 0 aromatic heterocycles. The van der Waals surface area contributed by atoms with E-state index in [2.05, 4.69) is 0 Å². The van der Waals surface area contributed by atoms with Crippen LogP contribution in [0.2, 0.25) is 0 Å². The van der Waals surface area contributed by atoms with Crippen LogP contribution in [0.15, 0.2) is 30.3 Å². The van der Waals surface area contributed by atoms with E-state index >= 15 is 0 Å². The van der Waals surface area contributed by atoms with Crippen molar-refractivity contribution in [2.24, 2.45) is 0 Å². The summed E-state index contributed by atoms with van der Waals surface area (Å²) in [6, 6.07) is 7.89. The molecule has 7 nitrogen and oxygen atoms in total. The van der Waals surface area contributed by atoms with Crippen LogP contribution in [0.1, 0.15) is 39.2 Å². The Kier molecular flexibility index (Phi) is 7.38. The lowest BCUT2D eigenvalue weighted by molar-refractivity contribution is -0.235. The molecule has 1 aromatic carbocycles. The number of rotatable bonds is 9. The highest BCUT2D eigenvalue weighted by Crippen LogP contribution is 2.15. The van der Waals surface area contributed by atoms with Crippen molar-refractivity contribution in [3.63, 3.8) is 0 Å². The monoisotopic (exact) mass is 337 g/mol. The van der Waals surface area contributed by atoms with Crippen molar-refractivity contribution in [3.05, 3.63) is 35.9 Å². The van der Waals surface area contributed by atoms with Crippen molar-refractivity contribution in [1.82, 2.24) is 5.06 Å². The Labute approximate surface area is 141 Å². The molecule has 1 atom stereocenters. The second-order valence-corrected chi connectivity index (χ2v) is 6.21. The van der Waals surface area contributed by atoms with Crippen LogP contribution in [-0.4, -0.2) is 40.2 Å². The molecule has 1 unspecified atom stereocenters. The summed E-state index contributed by atoms with van der Waals surface area (Å²) in [6.45, 7) is 5.19. The normalized spacial score (nSPS) is 12.3. The van der Waals surface area contributed by atoms with E-state index in [0.29, 0.717) is 6.41 Å². The predicted octanol–water partition coefficient (Wildman–Crippen LogP) is 2.15. The summed E-state index contributed by atoms with van der Waals surface area (Å²) in [5.41, 5.74) is 0.105. The van der Waals surface area contributed by atoms with Crippen LogP contribution in [0.25, 0.3) is 0 Å². The van der Waals surface area contributed by atoms with Crippen LogP contribution < -0.4 is 0 Å². The highest BCUT2D eigenvalue weighted by atomic mass is 16.7. The Balaban J connectivity index is 2.54. The number of carboxylic acid groups (broad SMARTS) is 1. The van der Waals surface area contributed by atoms with Gasteiger partial charge in [-0.25, -0.2) is 9.86 Å². The molecule has 0 saturated carbocycles. The molecule has 0 saturated heterocycles. The number of amides is 1. The number of hydrogen-bond acceptors (Lipinski definition) is 5. The van der Waals surface area contributed by atoms with Crippen LogP contribution >= 0.6 is 0 Å². The van der Waals surface area contributed by atoms with Crippen LogP contribution in [0.3, 0.4) is 0 Å². The van der Waals surface area contributed by atoms with Gasteiger partial charge in [0, 0.05) is 6.42 Å². The van der Waals surface area contributed by atoms with Gasteiger partial charge in [-0.3, -0.25) is 14.4 Å². The fourth-order valence-electron chi connectivity index (χ4n) is 1.90. The number of benzene rings is 1. The van der Waals surface area contributed by atoms with E-state index in [1.807, 2.05) is 30.3 Å². The molecule has 0 radical (unpaired) electrons. The predicted molar refractivity (Wildman–Crippen MR) is 85.6 cm³/mol. The number of hydroxylamine groups is 2. The van der Waals surface area contributed by atoms with Crippen LogP contribution in [0.4, 0.5) is 0 Å². The Morgan fingerprint density at radius 1 is 1.25 bits per heavy atom. The van der Waals surface area contributed by atoms with E-state index < -0.39 is 23.6 Å². The molecule has 0 aliphatic heterocycles. The standard InChI is InChI=1S/C17H23NO6/c1-17(2,3)24-18(12-19)14(16(21)22)9-10-15(20)23-11-13-7-5-4-6-8-13/h4-8,12,14H,9-11H2,1-3H3,(H,21,22). The summed E-state index contributed by atoms with van der Waals surface area (Å²) in [4.78, 5) is 39.5. The Bertz CT molecular complexity index is 552. The van der Waals surface area contributed by atoms with E-state index in [1.54, 1.807) is 20.8 Å². The van der Waals surface area contributed by atoms with Gasteiger partial charge in [-0.2, -0.15) is 0 Å². The second kappa shape index (κ2) is 9.02. The molecule has 0 aliphatic rings. The van der Waals surface area contributed by atoms with Crippen molar-refractivity contribution in [1.29, 1.82) is 0 Å². The summed E-state index contributed by atoms with van der Waals surface area (Å²) in [5.74, 6) is -1.78. The van der Waals surface area contributed by atoms with E-state index in [9.17, 15) is 19.5 Å². The van der Waals surface area contributed by atoms with Gasteiger partial charge >= 0.3 is 11.9 Å². The average molecular weight is 337 g/mol. The SMILES string of the molecule is CC(C)(C)ON(C=O)C(CCC(=O)OCc1ccccc1)C(=O)O. The molecule has 1 rings (SSSR count). The quantitative estimate of drug-likeness (QED) is 0.422. The molecule has 0 heterocycles. The molecule has 0 fully saturated rings. The van der Waals surface area contributed by atoms with Gasteiger partial charge in [0.25, 0.3) is 0 Å². The number of nitrogens with zero attached hydrogens (tertiary/aromatic N) is 1. The Morgan fingerprint density at radius 2 is 1.88 bits per heavy atom. The number of carbonyl (C=O) groups excluding carboxylic acids is 2. The fourth-order valence-corrected chi connectivity index (χ4v) is 1.90. The van der Waals surface area contributed by atoms with E-state index in [1.165, 1.54) is 0 Å². The van der Waals surface area contributed by atoms with Crippen molar-refractivity contribution >= 4 is 18.3 Å². The average Bonchev–Trinajstić information content (AvgIpc) is 2.51.